The minimum Gasteiger partial charge on any atom is -0.330 e. The van der Waals surface area contributed by atoms with E-state index in [0.717, 1.165) is 56.0 Å². The van der Waals surface area contributed by atoms with Gasteiger partial charge in [-0.3, -0.25) is 14.9 Å². The molecule has 2 aromatic heterocycles. The van der Waals surface area contributed by atoms with E-state index in [1.165, 1.54) is 11.1 Å². The zero-order chi connectivity index (χ0) is 18.9. The summed E-state index contributed by atoms with van der Waals surface area (Å²) in [7, 11) is 0. The van der Waals surface area contributed by atoms with Gasteiger partial charge in [0.1, 0.15) is 0 Å². The molecule has 0 aliphatic rings. The highest BCUT2D eigenvalue weighted by molar-refractivity contribution is 5.62. The first-order chi connectivity index (χ1) is 13.3. The van der Waals surface area contributed by atoms with E-state index in [-0.39, 0.29) is 0 Å². The third kappa shape index (κ3) is 5.71. The number of aromatic nitrogens is 2. The zero-order valence-corrected chi connectivity index (χ0v) is 16.0. The minimum atomic E-state index is 0.737. The van der Waals surface area contributed by atoms with Crippen molar-refractivity contribution in [3.63, 3.8) is 0 Å². The Morgan fingerprint density at radius 2 is 1.70 bits per heavy atom. The van der Waals surface area contributed by atoms with E-state index in [1.54, 1.807) is 0 Å². The van der Waals surface area contributed by atoms with Crippen LogP contribution in [0, 0.1) is 6.92 Å². The Morgan fingerprint density at radius 3 is 2.41 bits per heavy atom. The lowest BCUT2D eigenvalue weighted by molar-refractivity contribution is 0.245. The summed E-state index contributed by atoms with van der Waals surface area (Å²) in [6.45, 7) is 5.50. The van der Waals surface area contributed by atoms with Crippen LogP contribution in [0.3, 0.4) is 0 Å². The van der Waals surface area contributed by atoms with Gasteiger partial charge in [-0.1, -0.05) is 42.5 Å². The lowest BCUT2D eigenvalue weighted by Gasteiger charge is -2.22. The second kappa shape index (κ2) is 9.95. The SMILES string of the molecule is Cc1cccnc1CN(CCCCN)Cc1ccc(-c2ccccc2)cn1. The van der Waals surface area contributed by atoms with Crippen molar-refractivity contribution >= 4 is 0 Å². The maximum Gasteiger partial charge on any atom is 0.0573 e. The van der Waals surface area contributed by atoms with Crippen molar-refractivity contribution in [1.29, 1.82) is 0 Å². The topological polar surface area (TPSA) is 55.0 Å². The van der Waals surface area contributed by atoms with Crippen molar-refractivity contribution in [1.82, 2.24) is 14.9 Å². The van der Waals surface area contributed by atoms with E-state index in [1.807, 2.05) is 24.5 Å². The Labute approximate surface area is 162 Å². The molecular weight excluding hydrogens is 332 g/mol. The monoisotopic (exact) mass is 360 g/mol. The zero-order valence-electron chi connectivity index (χ0n) is 16.0. The largest absolute Gasteiger partial charge is 0.330 e. The molecule has 0 aliphatic heterocycles. The van der Waals surface area contributed by atoms with Crippen LogP contribution in [0.15, 0.2) is 67.0 Å². The predicted octanol–water partition coefficient (Wildman–Crippen LogP) is 4.19. The molecule has 0 aliphatic carbocycles. The van der Waals surface area contributed by atoms with Gasteiger partial charge in [0.2, 0.25) is 0 Å². The van der Waals surface area contributed by atoms with E-state index in [4.69, 9.17) is 10.7 Å². The van der Waals surface area contributed by atoms with Crippen molar-refractivity contribution in [3.8, 4) is 11.1 Å². The van der Waals surface area contributed by atoms with Crippen molar-refractivity contribution in [3.05, 3.63) is 83.9 Å². The molecular formula is C23H28N4. The standard InChI is InChI=1S/C23H28N4/c1-19-8-7-14-25-23(19)18-27(15-6-5-13-24)17-22-12-11-21(16-26-22)20-9-3-2-4-10-20/h2-4,7-12,14,16H,5-6,13,15,17-18,24H2,1H3. The summed E-state index contributed by atoms with van der Waals surface area (Å²) in [6.07, 6.45) is 5.96. The van der Waals surface area contributed by atoms with Crippen molar-refractivity contribution < 1.29 is 0 Å². The molecule has 3 aromatic rings. The molecule has 4 heteroatoms. The fourth-order valence-electron chi connectivity index (χ4n) is 3.14. The summed E-state index contributed by atoms with van der Waals surface area (Å²) in [5, 5.41) is 0. The molecule has 2 heterocycles. The molecule has 0 saturated heterocycles. The lowest BCUT2D eigenvalue weighted by atomic mass is 10.1. The fourth-order valence-corrected chi connectivity index (χ4v) is 3.14. The van der Waals surface area contributed by atoms with Gasteiger partial charge in [-0.15, -0.1) is 0 Å². The lowest BCUT2D eigenvalue weighted by Crippen LogP contribution is -2.26. The molecule has 0 saturated carbocycles. The fraction of sp³-hybridized carbons (Fsp3) is 0.304. The first-order valence-corrected chi connectivity index (χ1v) is 9.59. The van der Waals surface area contributed by atoms with Crippen LogP contribution in [-0.4, -0.2) is 28.0 Å². The van der Waals surface area contributed by atoms with Gasteiger partial charge < -0.3 is 5.73 Å². The molecule has 0 amide bonds. The Kier molecular flexibility index (Phi) is 7.08. The van der Waals surface area contributed by atoms with Gasteiger partial charge >= 0.3 is 0 Å². The molecule has 0 fully saturated rings. The van der Waals surface area contributed by atoms with Crippen LogP contribution >= 0.6 is 0 Å². The number of hydrogen-bond donors (Lipinski definition) is 1. The quantitative estimate of drug-likeness (QED) is 0.581. The normalized spacial score (nSPS) is 11.1. The van der Waals surface area contributed by atoms with E-state index in [2.05, 4.69) is 59.3 Å². The third-order valence-electron chi connectivity index (χ3n) is 4.74. The van der Waals surface area contributed by atoms with Crippen LogP contribution in [0.5, 0.6) is 0 Å². The number of benzene rings is 1. The van der Waals surface area contributed by atoms with Crippen molar-refractivity contribution in [2.45, 2.75) is 32.9 Å². The molecule has 2 N–H and O–H groups in total. The molecule has 1 aromatic carbocycles. The van der Waals surface area contributed by atoms with E-state index in [9.17, 15) is 0 Å². The van der Waals surface area contributed by atoms with Gasteiger partial charge in [-0.2, -0.15) is 0 Å². The second-order valence-corrected chi connectivity index (χ2v) is 6.88. The number of nitrogens with zero attached hydrogens (tertiary/aromatic N) is 3. The van der Waals surface area contributed by atoms with Crippen LogP contribution in [0.25, 0.3) is 11.1 Å². The Bertz CT molecular complexity index is 815. The summed E-state index contributed by atoms with van der Waals surface area (Å²) in [6, 6.07) is 18.7. The van der Waals surface area contributed by atoms with Crippen LogP contribution in [0.4, 0.5) is 0 Å². The van der Waals surface area contributed by atoms with Crippen molar-refractivity contribution in [2.24, 2.45) is 5.73 Å². The highest BCUT2D eigenvalue weighted by Crippen LogP contribution is 2.19. The van der Waals surface area contributed by atoms with Crippen LogP contribution in [-0.2, 0) is 13.1 Å². The van der Waals surface area contributed by atoms with Crippen LogP contribution in [0.1, 0.15) is 29.8 Å². The summed E-state index contributed by atoms with van der Waals surface area (Å²) in [4.78, 5) is 11.7. The second-order valence-electron chi connectivity index (χ2n) is 6.88. The Morgan fingerprint density at radius 1 is 0.852 bits per heavy atom. The van der Waals surface area contributed by atoms with Gasteiger partial charge in [-0.05, 0) is 56.1 Å². The summed E-state index contributed by atoms with van der Waals surface area (Å²) in [5.74, 6) is 0. The first-order valence-electron chi connectivity index (χ1n) is 9.59. The highest BCUT2D eigenvalue weighted by atomic mass is 15.1. The molecule has 0 unspecified atom stereocenters. The average molecular weight is 361 g/mol. The van der Waals surface area contributed by atoms with Gasteiger partial charge in [0.25, 0.3) is 0 Å². The Balaban J connectivity index is 1.70. The Hall–Kier alpha value is -2.56. The summed E-state index contributed by atoms with van der Waals surface area (Å²) < 4.78 is 0. The maximum absolute atomic E-state index is 5.67. The highest BCUT2D eigenvalue weighted by Gasteiger charge is 2.10. The predicted molar refractivity (Wildman–Crippen MR) is 111 cm³/mol. The van der Waals surface area contributed by atoms with Gasteiger partial charge in [0, 0.05) is 31.0 Å². The maximum atomic E-state index is 5.67. The molecule has 0 atom stereocenters. The molecule has 0 spiro atoms. The number of hydrogen-bond acceptors (Lipinski definition) is 4. The van der Waals surface area contributed by atoms with Crippen LogP contribution in [0.2, 0.25) is 0 Å². The first kappa shape index (κ1) is 19.2. The molecule has 140 valence electrons. The molecule has 0 bridgehead atoms. The molecule has 4 nitrogen and oxygen atoms in total. The van der Waals surface area contributed by atoms with E-state index >= 15 is 0 Å². The number of pyridine rings is 2. The van der Waals surface area contributed by atoms with Crippen LogP contribution < -0.4 is 5.73 Å². The number of nitrogens with two attached hydrogens (primary N) is 1. The number of aryl methyl sites for hydroxylation is 1. The van der Waals surface area contributed by atoms with E-state index in [0.29, 0.717) is 0 Å². The third-order valence-corrected chi connectivity index (χ3v) is 4.74. The molecule has 3 rings (SSSR count). The summed E-state index contributed by atoms with van der Waals surface area (Å²) >= 11 is 0. The van der Waals surface area contributed by atoms with Crippen molar-refractivity contribution in [2.75, 3.05) is 13.1 Å². The minimum absolute atomic E-state index is 0.737. The average Bonchev–Trinajstić information content (AvgIpc) is 2.71. The van der Waals surface area contributed by atoms with E-state index < -0.39 is 0 Å². The summed E-state index contributed by atoms with van der Waals surface area (Å²) in [5.41, 5.74) is 11.5. The van der Waals surface area contributed by atoms with Gasteiger partial charge in [0.15, 0.2) is 0 Å². The van der Waals surface area contributed by atoms with Gasteiger partial charge in [-0.25, -0.2) is 0 Å². The molecule has 27 heavy (non-hydrogen) atoms. The number of rotatable bonds is 9. The van der Waals surface area contributed by atoms with Gasteiger partial charge in [0.05, 0.1) is 11.4 Å². The smallest absolute Gasteiger partial charge is 0.0573 e. The number of unbranched alkanes of at least 4 members (excludes halogenated alkanes) is 1. The molecule has 0 radical (unpaired) electrons.